The van der Waals surface area contributed by atoms with Crippen molar-refractivity contribution in [2.24, 2.45) is 11.7 Å². The maximum Gasteiger partial charge on any atom is 0.389 e. The third kappa shape index (κ3) is 11.8. The van der Waals surface area contributed by atoms with E-state index in [0.29, 0.717) is 12.3 Å². The zero-order valence-electron chi connectivity index (χ0n) is 10.0. The molecule has 0 spiro atoms. The standard InChI is InChI=1S/C10H19F3N2O.ClH/c1-7(2)5-8(6-14)15-9(16)3-4-10(11,12)13;/h7-8H,3-6,14H2,1-2H3,(H,15,16);1H. The van der Waals surface area contributed by atoms with Crippen LogP contribution in [0.1, 0.15) is 33.1 Å². The molecule has 1 unspecified atom stereocenters. The van der Waals surface area contributed by atoms with Crippen molar-refractivity contribution >= 4 is 18.3 Å². The summed E-state index contributed by atoms with van der Waals surface area (Å²) in [6, 6.07) is -0.235. The molecule has 1 amide bonds. The Morgan fingerprint density at radius 2 is 1.88 bits per heavy atom. The lowest BCUT2D eigenvalue weighted by molar-refractivity contribution is -0.144. The number of nitrogens with one attached hydrogen (secondary N) is 1. The third-order valence-corrected chi connectivity index (χ3v) is 2.04. The summed E-state index contributed by atoms with van der Waals surface area (Å²) in [5.74, 6) is -0.245. The second-order valence-corrected chi connectivity index (χ2v) is 4.24. The Balaban J connectivity index is 0. The number of hydrogen-bond acceptors (Lipinski definition) is 2. The van der Waals surface area contributed by atoms with E-state index < -0.39 is 24.9 Å². The number of amides is 1. The van der Waals surface area contributed by atoms with Gasteiger partial charge in [-0.25, -0.2) is 0 Å². The molecule has 7 heteroatoms. The maximum atomic E-state index is 11.8. The van der Waals surface area contributed by atoms with E-state index in [1.807, 2.05) is 13.8 Å². The average molecular weight is 277 g/mol. The lowest BCUT2D eigenvalue weighted by Crippen LogP contribution is -2.41. The molecule has 0 aromatic carbocycles. The van der Waals surface area contributed by atoms with E-state index in [4.69, 9.17) is 5.73 Å². The highest BCUT2D eigenvalue weighted by Gasteiger charge is 2.28. The number of rotatable bonds is 6. The van der Waals surface area contributed by atoms with Crippen molar-refractivity contribution in [3.63, 3.8) is 0 Å². The van der Waals surface area contributed by atoms with Crippen molar-refractivity contribution in [1.82, 2.24) is 5.32 Å². The van der Waals surface area contributed by atoms with E-state index in [0.717, 1.165) is 0 Å². The van der Waals surface area contributed by atoms with Crippen LogP contribution < -0.4 is 11.1 Å². The Bertz CT molecular complexity index is 222. The molecule has 0 saturated heterocycles. The van der Waals surface area contributed by atoms with Crippen LogP contribution in [-0.4, -0.2) is 24.7 Å². The highest BCUT2D eigenvalue weighted by atomic mass is 35.5. The van der Waals surface area contributed by atoms with Gasteiger partial charge in [0.2, 0.25) is 5.91 Å². The molecule has 3 N–H and O–H groups in total. The van der Waals surface area contributed by atoms with Crippen LogP contribution in [0.5, 0.6) is 0 Å². The normalized spacial score (nSPS) is 13.1. The zero-order chi connectivity index (χ0) is 12.8. The van der Waals surface area contributed by atoms with Crippen molar-refractivity contribution in [2.75, 3.05) is 6.54 Å². The second-order valence-electron chi connectivity index (χ2n) is 4.24. The lowest BCUT2D eigenvalue weighted by atomic mass is 10.0. The molecule has 0 fully saturated rings. The van der Waals surface area contributed by atoms with Gasteiger partial charge in [0.1, 0.15) is 0 Å². The van der Waals surface area contributed by atoms with E-state index >= 15 is 0 Å². The van der Waals surface area contributed by atoms with Gasteiger partial charge >= 0.3 is 6.18 Å². The summed E-state index contributed by atoms with van der Waals surface area (Å²) in [6.07, 6.45) is -5.22. The van der Waals surface area contributed by atoms with Crippen molar-refractivity contribution < 1.29 is 18.0 Å². The number of halogens is 4. The molecule has 0 bridgehead atoms. The number of alkyl halides is 3. The quantitative estimate of drug-likeness (QED) is 0.782. The minimum atomic E-state index is -4.28. The number of hydrogen-bond donors (Lipinski definition) is 2. The molecule has 0 radical (unpaired) electrons. The first-order valence-electron chi connectivity index (χ1n) is 5.30. The van der Waals surface area contributed by atoms with E-state index in [1.54, 1.807) is 0 Å². The molecule has 104 valence electrons. The fraction of sp³-hybridized carbons (Fsp3) is 0.900. The summed E-state index contributed by atoms with van der Waals surface area (Å²) in [7, 11) is 0. The van der Waals surface area contributed by atoms with Crippen molar-refractivity contribution in [3.05, 3.63) is 0 Å². The molecule has 0 aromatic rings. The molecule has 3 nitrogen and oxygen atoms in total. The van der Waals surface area contributed by atoms with E-state index in [9.17, 15) is 18.0 Å². The molecular weight excluding hydrogens is 257 g/mol. The van der Waals surface area contributed by atoms with Crippen LogP contribution in [0.25, 0.3) is 0 Å². The summed E-state index contributed by atoms with van der Waals surface area (Å²) in [4.78, 5) is 11.2. The van der Waals surface area contributed by atoms with E-state index in [1.165, 1.54) is 0 Å². The molecule has 0 heterocycles. The Labute approximate surface area is 106 Å². The van der Waals surface area contributed by atoms with Gasteiger partial charge in [0, 0.05) is 19.0 Å². The Hall–Kier alpha value is -0.490. The number of carbonyl (C=O) groups excluding carboxylic acids is 1. The molecular formula is C10H20ClF3N2O. The lowest BCUT2D eigenvalue weighted by Gasteiger charge is -2.19. The molecule has 0 saturated carbocycles. The first-order chi connectivity index (χ1) is 7.24. The first kappa shape index (κ1) is 18.9. The van der Waals surface area contributed by atoms with Crippen molar-refractivity contribution in [3.8, 4) is 0 Å². The predicted molar refractivity (Wildman–Crippen MR) is 63.0 cm³/mol. The topological polar surface area (TPSA) is 55.1 Å². The summed E-state index contributed by atoms with van der Waals surface area (Å²) >= 11 is 0. The van der Waals surface area contributed by atoms with Crippen molar-refractivity contribution in [2.45, 2.75) is 45.3 Å². The predicted octanol–water partition coefficient (Wildman–Crippen LogP) is 2.24. The van der Waals surface area contributed by atoms with Gasteiger partial charge in [-0.3, -0.25) is 4.79 Å². The largest absolute Gasteiger partial charge is 0.389 e. The van der Waals surface area contributed by atoms with Gasteiger partial charge in [-0.05, 0) is 12.3 Å². The van der Waals surface area contributed by atoms with Crippen LogP contribution in [-0.2, 0) is 4.79 Å². The number of nitrogens with two attached hydrogens (primary N) is 1. The summed E-state index contributed by atoms with van der Waals surface area (Å²) in [6.45, 7) is 4.17. The second kappa shape index (κ2) is 8.58. The van der Waals surface area contributed by atoms with E-state index in [2.05, 4.69) is 5.32 Å². The van der Waals surface area contributed by atoms with Crippen molar-refractivity contribution in [1.29, 1.82) is 0 Å². The van der Waals surface area contributed by atoms with Gasteiger partial charge in [-0.2, -0.15) is 13.2 Å². The van der Waals surface area contributed by atoms with Gasteiger partial charge in [-0.15, -0.1) is 12.4 Å². The molecule has 0 aliphatic carbocycles. The maximum absolute atomic E-state index is 11.8. The number of carbonyl (C=O) groups is 1. The SMILES string of the molecule is CC(C)CC(CN)NC(=O)CCC(F)(F)F.Cl. The van der Waals surface area contributed by atoms with Gasteiger partial charge in [0.15, 0.2) is 0 Å². The zero-order valence-corrected chi connectivity index (χ0v) is 10.8. The highest BCUT2D eigenvalue weighted by molar-refractivity contribution is 5.85. The fourth-order valence-electron chi connectivity index (χ4n) is 1.34. The minimum absolute atomic E-state index is 0. The smallest absolute Gasteiger partial charge is 0.352 e. The molecule has 0 rings (SSSR count). The van der Waals surface area contributed by atoms with Crippen LogP contribution in [0.4, 0.5) is 13.2 Å². The van der Waals surface area contributed by atoms with Gasteiger partial charge in [-0.1, -0.05) is 13.8 Å². The van der Waals surface area contributed by atoms with Crippen LogP contribution in [0, 0.1) is 5.92 Å². The third-order valence-electron chi connectivity index (χ3n) is 2.04. The minimum Gasteiger partial charge on any atom is -0.352 e. The van der Waals surface area contributed by atoms with Crippen LogP contribution in [0.2, 0.25) is 0 Å². The van der Waals surface area contributed by atoms with Crippen LogP contribution >= 0.6 is 12.4 Å². The summed E-state index contributed by atoms with van der Waals surface area (Å²) in [5, 5.41) is 2.51. The van der Waals surface area contributed by atoms with Gasteiger partial charge in [0.05, 0.1) is 6.42 Å². The molecule has 1 atom stereocenters. The van der Waals surface area contributed by atoms with Gasteiger partial charge < -0.3 is 11.1 Å². The van der Waals surface area contributed by atoms with Crippen LogP contribution in [0.3, 0.4) is 0 Å². The molecule has 0 aliphatic rings. The monoisotopic (exact) mass is 276 g/mol. The Morgan fingerprint density at radius 1 is 1.35 bits per heavy atom. The van der Waals surface area contributed by atoms with Crippen LogP contribution in [0.15, 0.2) is 0 Å². The summed E-state index contributed by atoms with van der Waals surface area (Å²) < 4.78 is 35.5. The van der Waals surface area contributed by atoms with E-state index in [-0.39, 0.29) is 25.0 Å². The first-order valence-corrected chi connectivity index (χ1v) is 5.30. The van der Waals surface area contributed by atoms with Gasteiger partial charge in [0.25, 0.3) is 0 Å². The molecule has 0 aromatic heterocycles. The average Bonchev–Trinajstić information content (AvgIpc) is 2.12. The Kier molecular flexibility index (Phi) is 9.52. The summed E-state index contributed by atoms with van der Waals surface area (Å²) in [5.41, 5.74) is 5.41. The molecule has 0 aliphatic heterocycles. The fourth-order valence-corrected chi connectivity index (χ4v) is 1.34. The highest BCUT2D eigenvalue weighted by Crippen LogP contribution is 2.21. The Morgan fingerprint density at radius 3 is 2.24 bits per heavy atom. The molecule has 17 heavy (non-hydrogen) atoms.